The Hall–Kier alpha value is -1.80. The van der Waals surface area contributed by atoms with Crippen LogP contribution in [-0.4, -0.2) is 67.0 Å². The number of nitrogens with one attached hydrogen (secondary N) is 1. The van der Waals surface area contributed by atoms with Gasteiger partial charge in [-0.3, -0.25) is 9.69 Å². The summed E-state index contributed by atoms with van der Waals surface area (Å²) in [5.41, 5.74) is 0.592. The lowest BCUT2D eigenvalue weighted by Crippen LogP contribution is -2.55. The van der Waals surface area contributed by atoms with E-state index in [-0.39, 0.29) is 18.4 Å². The summed E-state index contributed by atoms with van der Waals surface area (Å²) in [5, 5.41) is 5.73. The number of benzene rings is 1. The van der Waals surface area contributed by atoms with E-state index in [0.717, 1.165) is 60.3 Å². The van der Waals surface area contributed by atoms with Crippen LogP contribution < -0.4 is 5.32 Å². The first-order chi connectivity index (χ1) is 16.4. The van der Waals surface area contributed by atoms with E-state index in [1.807, 2.05) is 19.1 Å². The lowest BCUT2D eigenvalue weighted by atomic mass is 9.85. The van der Waals surface area contributed by atoms with Crippen LogP contribution in [0.25, 0.3) is 10.8 Å². The average Bonchev–Trinajstić information content (AvgIpc) is 3.48. The number of amides is 1. The van der Waals surface area contributed by atoms with Gasteiger partial charge in [-0.15, -0.1) is 0 Å². The molecular weight excluding hydrogens is 457 g/mol. The molecule has 182 valence electrons. The van der Waals surface area contributed by atoms with E-state index in [4.69, 9.17) is 21.1 Å². The topological polar surface area (TPSA) is 63.7 Å². The van der Waals surface area contributed by atoms with Crippen molar-refractivity contribution >= 4 is 34.1 Å². The molecule has 4 fully saturated rings. The standard InChI is InChI=1S/C26H31ClFN3O3/c1-26(14-34-13-22(26)28)31-5-2-15(3-6-31)19-8-16-10-23(29-11-17(16)9-21(19)27)30-25(32)24-18-4-7-33-12-20(18)24/h8-11,15,18,20,22,24H,2-7,12-14H2,1H3,(H,29,30,32)/t18-,20-,22+,24?,26-/m0/s1. The zero-order valence-electron chi connectivity index (χ0n) is 19.4. The highest BCUT2D eigenvalue weighted by atomic mass is 35.5. The molecule has 3 aliphatic heterocycles. The predicted octanol–water partition coefficient (Wildman–Crippen LogP) is 4.42. The number of piperidine rings is 1. The number of anilines is 1. The largest absolute Gasteiger partial charge is 0.381 e. The quantitative estimate of drug-likeness (QED) is 0.691. The Morgan fingerprint density at radius 3 is 2.68 bits per heavy atom. The molecule has 5 atom stereocenters. The van der Waals surface area contributed by atoms with Crippen molar-refractivity contribution in [3.05, 3.63) is 35.0 Å². The number of pyridine rings is 1. The van der Waals surface area contributed by atoms with Gasteiger partial charge in [-0.25, -0.2) is 9.37 Å². The molecule has 1 N–H and O–H groups in total. The Morgan fingerprint density at radius 1 is 1.15 bits per heavy atom. The molecule has 6 nitrogen and oxygen atoms in total. The van der Waals surface area contributed by atoms with Gasteiger partial charge in [-0.05, 0) is 86.2 Å². The molecule has 34 heavy (non-hydrogen) atoms. The zero-order chi connectivity index (χ0) is 23.4. The van der Waals surface area contributed by atoms with E-state index < -0.39 is 11.7 Å². The maximum atomic E-state index is 14.5. The number of fused-ring (bicyclic) bond motifs is 2. The van der Waals surface area contributed by atoms with Gasteiger partial charge in [0.25, 0.3) is 0 Å². The third-order valence-electron chi connectivity index (χ3n) is 8.62. The lowest BCUT2D eigenvalue weighted by Gasteiger charge is -2.43. The Kier molecular flexibility index (Phi) is 5.79. The van der Waals surface area contributed by atoms with E-state index in [1.54, 1.807) is 6.20 Å². The summed E-state index contributed by atoms with van der Waals surface area (Å²) >= 11 is 6.69. The van der Waals surface area contributed by atoms with E-state index in [1.165, 1.54) is 0 Å². The molecular formula is C26H31ClFN3O3. The number of aromatic nitrogens is 1. The van der Waals surface area contributed by atoms with Crippen LogP contribution in [-0.2, 0) is 14.3 Å². The Labute approximate surface area is 204 Å². The summed E-state index contributed by atoms with van der Waals surface area (Å²) in [6.07, 6.45) is 3.65. The first-order valence-corrected chi connectivity index (χ1v) is 12.8. The molecule has 0 bridgehead atoms. The molecule has 1 amide bonds. The van der Waals surface area contributed by atoms with Crippen LogP contribution in [0, 0.1) is 17.8 Å². The second kappa shape index (κ2) is 8.70. The molecule has 1 saturated carbocycles. The van der Waals surface area contributed by atoms with Crippen LogP contribution >= 0.6 is 11.6 Å². The highest BCUT2D eigenvalue weighted by molar-refractivity contribution is 6.32. The number of halogens is 2. The summed E-state index contributed by atoms with van der Waals surface area (Å²) in [6.45, 7) is 5.70. The van der Waals surface area contributed by atoms with E-state index in [9.17, 15) is 9.18 Å². The number of rotatable bonds is 4. The molecule has 1 unspecified atom stereocenters. The third-order valence-corrected chi connectivity index (χ3v) is 8.95. The van der Waals surface area contributed by atoms with Crippen LogP contribution in [0.5, 0.6) is 0 Å². The van der Waals surface area contributed by atoms with Gasteiger partial charge in [-0.1, -0.05) is 11.6 Å². The molecule has 1 aromatic carbocycles. The summed E-state index contributed by atoms with van der Waals surface area (Å²) in [7, 11) is 0. The van der Waals surface area contributed by atoms with Gasteiger partial charge in [0.15, 0.2) is 0 Å². The monoisotopic (exact) mass is 487 g/mol. The predicted molar refractivity (Wildman–Crippen MR) is 129 cm³/mol. The summed E-state index contributed by atoms with van der Waals surface area (Å²) in [4.78, 5) is 19.5. The maximum Gasteiger partial charge on any atom is 0.229 e. The number of likely N-dealkylation sites (tertiary alicyclic amines) is 1. The minimum Gasteiger partial charge on any atom is -0.381 e. The van der Waals surface area contributed by atoms with E-state index in [0.29, 0.717) is 36.8 Å². The first kappa shape index (κ1) is 22.7. The molecule has 2 aromatic rings. The van der Waals surface area contributed by atoms with Gasteiger partial charge in [0, 0.05) is 29.1 Å². The highest BCUT2D eigenvalue weighted by Crippen LogP contribution is 2.51. The van der Waals surface area contributed by atoms with Crippen molar-refractivity contribution in [3.8, 4) is 0 Å². The average molecular weight is 488 g/mol. The van der Waals surface area contributed by atoms with Crippen molar-refractivity contribution < 1.29 is 18.7 Å². The number of hydrogen-bond acceptors (Lipinski definition) is 5. The number of hydrogen-bond donors (Lipinski definition) is 1. The Balaban J connectivity index is 1.16. The maximum absolute atomic E-state index is 14.5. The number of alkyl halides is 1. The van der Waals surface area contributed by atoms with Crippen molar-refractivity contribution in [2.24, 2.45) is 17.8 Å². The molecule has 0 radical (unpaired) electrons. The fraction of sp³-hybridized carbons (Fsp3) is 0.615. The van der Waals surface area contributed by atoms with Gasteiger partial charge in [-0.2, -0.15) is 0 Å². The minimum atomic E-state index is -0.943. The van der Waals surface area contributed by atoms with Crippen molar-refractivity contribution in [3.63, 3.8) is 0 Å². The molecule has 6 rings (SSSR count). The van der Waals surface area contributed by atoms with Crippen molar-refractivity contribution in [2.45, 2.75) is 43.8 Å². The van der Waals surface area contributed by atoms with Gasteiger partial charge >= 0.3 is 0 Å². The number of carbonyl (C=O) groups excluding carboxylic acids is 1. The number of nitrogens with zero attached hydrogens (tertiary/aromatic N) is 2. The smallest absolute Gasteiger partial charge is 0.229 e. The van der Waals surface area contributed by atoms with Crippen LogP contribution in [0.1, 0.15) is 37.7 Å². The molecule has 8 heteroatoms. The minimum absolute atomic E-state index is 0.0435. The second-order valence-corrected chi connectivity index (χ2v) is 11.0. The molecule has 4 heterocycles. The van der Waals surface area contributed by atoms with Crippen molar-refractivity contribution in [1.29, 1.82) is 0 Å². The fourth-order valence-electron chi connectivity index (χ4n) is 6.30. The van der Waals surface area contributed by atoms with Crippen LogP contribution in [0.2, 0.25) is 5.02 Å². The van der Waals surface area contributed by atoms with Gasteiger partial charge < -0.3 is 14.8 Å². The van der Waals surface area contributed by atoms with E-state index in [2.05, 4.69) is 21.3 Å². The number of carbonyl (C=O) groups is 1. The number of ether oxygens (including phenoxy) is 2. The molecule has 3 saturated heterocycles. The zero-order valence-corrected chi connectivity index (χ0v) is 20.2. The summed E-state index contributed by atoms with van der Waals surface area (Å²) < 4.78 is 25.4. The molecule has 1 aliphatic carbocycles. The Bertz CT molecular complexity index is 1100. The first-order valence-electron chi connectivity index (χ1n) is 12.4. The molecule has 0 spiro atoms. The van der Waals surface area contributed by atoms with Crippen LogP contribution in [0.15, 0.2) is 24.4 Å². The highest BCUT2D eigenvalue weighted by Gasteiger charge is 2.55. The van der Waals surface area contributed by atoms with Gasteiger partial charge in [0.1, 0.15) is 12.0 Å². The SMILES string of the molecule is C[C@]1(N2CCC(c3cc4cc(NC(=O)C5[C@H]6CCOC[C@H]56)ncc4cc3Cl)CC2)COC[C@H]1F. The Morgan fingerprint density at radius 2 is 1.97 bits per heavy atom. The van der Waals surface area contributed by atoms with E-state index >= 15 is 0 Å². The van der Waals surface area contributed by atoms with Gasteiger partial charge in [0.05, 0.1) is 25.4 Å². The normalized spacial score (nSPS) is 34.2. The lowest BCUT2D eigenvalue weighted by molar-refractivity contribution is -0.117. The van der Waals surface area contributed by atoms with Crippen LogP contribution in [0.4, 0.5) is 10.2 Å². The summed E-state index contributed by atoms with van der Waals surface area (Å²) in [5.74, 6) is 1.80. The van der Waals surface area contributed by atoms with Crippen molar-refractivity contribution in [2.75, 3.05) is 44.8 Å². The fourth-order valence-corrected chi connectivity index (χ4v) is 6.62. The molecule has 1 aromatic heterocycles. The van der Waals surface area contributed by atoms with Crippen molar-refractivity contribution in [1.82, 2.24) is 9.88 Å². The van der Waals surface area contributed by atoms with Gasteiger partial charge in [0.2, 0.25) is 5.91 Å². The summed E-state index contributed by atoms with van der Waals surface area (Å²) in [6, 6.07) is 6.04. The molecule has 4 aliphatic rings. The second-order valence-electron chi connectivity index (χ2n) is 10.6. The third kappa shape index (κ3) is 3.91. The van der Waals surface area contributed by atoms with Crippen LogP contribution in [0.3, 0.4) is 0 Å².